The number of hydrogen-bond acceptors (Lipinski definition) is 2. The molecule has 3 aliphatic rings. The average Bonchev–Trinajstić information content (AvgIpc) is 2.96. The molecule has 1 aromatic carbocycles. The molecule has 90 valence electrons. The molecule has 2 nitrogen and oxygen atoms in total. The van der Waals surface area contributed by atoms with Gasteiger partial charge in [-0.3, -0.25) is 9.59 Å². The third kappa shape index (κ3) is 0.925. The predicted octanol–water partition coefficient (Wildman–Crippen LogP) is 2.89. The molecule has 0 heterocycles. The normalized spacial score (nSPS) is 39.9. The fraction of sp³-hybridized carbons (Fsp3) is 0.375. The summed E-state index contributed by atoms with van der Waals surface area (Å²) in [5.74, 6) is 0.723. The monoisotopic (exact) mass is 238 g/mol. The van der Waals surface area contributed by atoms with Crippen LogP contribution in [0.25, 0.3) is 0 Å². The third-order valence-electron chi connectivity index (χ3n) is 5.17. The number of rotatable bonds is 0. The first-order valence-corrected chi connectivity index (χ1v) is 6.50. The molecular formula is C16H14O2. The zero-order valence-electron chi connectivity index (χ0n) is 10.2. The van der Waals surface area contributed by atoms with Gasteiger partial charge >= 0.3 is 0 Å². The molecule has 0 radical (unpaired) electrons. The van der Waals surface area contributed by atoms with E-state index in [1.807, 2.05) is 19.1 Å². The van der Waals surface area contributed by atoms with Gasteiger partial charge in [-0.1, -0.05) is 43.3 Å². The number of benzene rings is 1. The number of hydrogen-bond donors (Lipinski definition) is 0. The van der Waals surface area contributed by atoms with E-state index in [9.17, 15) is 9.59 Å². The lowest BCUT2D eigenvalue weighted by Gasteiger charge is -2.40. The molecule has 0 saturated heterocycles. The summed E-state index contributed by atoms with van der Waals surface area (Å²) in [6, 6.07) is 7.28. The second kappa shape index (κ2) is 3.00. The molecule has 0 aliphatic heterocycles. The lowest BCUT2D eigenvalue weighted by molar-refractivity contribution is 0.0552. The topological polar surface area (TPSA) is 34.1 Å². The Bertz CT molecular complexity index is 613. The molecule has 0 aromatic heterocycles. The van der Waals surface area contributed by atoms with Crippen molar-refractivity contribution in [3.05, 3.63) is 47.5 Å². The maximum absolute atomic E-state index is 12.8. The highest BCUT2D eigenvalue weighted by molar-refractivity contribution is 6.18. The largest absolute Gasteiger partial charge is 0.294 e. The van der Waals surface area contributed by atoms with E-state index in [1.54, 1.807) is 12.1 Å². The summed E-state index contributed by atoms with van der Waals surface area (Å²) in [6.45, 7) is 1.99. The number of carbonyl (C=O) groups excluding carboxylic acids is 2. The Morgan fingerprint density at radius 2 is 1.83 bits per heavy atom. The Kier molecular flexibility index (Phi) is 1.71. The van der Waals surface area contributed by atoms with Crippen molar-refractivity contribution in [2.45, 2.75) is 13.3 Å². The van der Waals surface area contributed by atoms with Crippen LogP contribution in [0.3, 0.4) is 0 Å². The van der Waals surface area contributed by atoms with Crippen molar-refractivity contribution in [2.75, 3.05) is 0 Å². The van der Waals surface area contributed by atoms with Crippen LogP contribution in [-0.4, -0.2) is 11.6 Å². The molecule has 0 N–H and O–H groups in total. The van der Waals surface area contributed by atoms with Gasteiger partial charge in [-0.15, -0.1) is 0 Å². The standard InChI is InChI=1S/C16H14O2/c1-16-10-7-6-9(8-10)13(16)14(17)11-4-2-3-5-12(11)15(16)18/h2-7,9-10,13H,8H2,1H3/t9-,10-,13-,16-/m1/s1. The fourth-order valence-electron chi connectivity index (χ4n) is 4.22. The zero-order valence-corrected chi connectivity index (χ0v) is 10.2. The molecule has 0 spiro atoms. The highest BCUT2D eigenvalue weighted by atomic mass is 16.1. The molecule has 1 fully saturated rings. The van der Waals surface area contributed by atoms with Crippen molar-refractivity contribution in [1.82, 2.24) is 0 Å². The first kappa shape index (κ1) is 10.2. The number of fused-ring (bicyclic) bond motifs is 6. The van der Waals surface area contributed by atoms with Gasteiger partial charge in [-0.2, -0.15) is 0 Å². The van der Waals surface area contributed by atoms with Gasteiger partial charge in [0.25, 0.3) is 0 Å². The predicted molar refractivity (Wildman–Crippen MR) is 67.4 cm³/mol. The molecule has 1 saturated carbocycles. The maximum Gasteiger partial charge on any atom is 0.170 e. The number of Topliss-reactive ketones (excluding diaryl/α,β-unsaturated/α-hetero) is 2. The molecule has 4 atom stereocenters. The van der Waals surface area contributed by atoms with Gasteiger partial charge in [0.2, 0.25) is 0 Å². The first-order chi connectivity index (χ1) is 8.64. The summed E-state index contributed by atoms with van der Waals surface area (Å²) < 4.78 is 0. The van der Waals surface area contributed by atoms with Crippen molar-refractivity contribution in [2.24, 2.45) is 23.2 Å². The van der Waals surface area contributed by atoms with Gasteiger partial charge < -0.3 is 0 Å². The zero-order chi connectivity index (χ0) is 12.5. The average molecular weight is 238 g/mol. The molecule has 4 rings (SSSR count). The second-order valence-electron chi connectivity index (χ2n) is 5.89. The fourth-order valence-corrected chi connectivity index (χ4v) is 4.22. The van der Waals surface area contributed by atoms with E-state index in [0.29, 0.717) is 11.1 Å². The van der Waals surface area contributed by atoms with E-state index in [4.69, 9.17) is 0 Å². The molecule has 3 aliphatic carbocycles. The lowest BCUT2D eigenvalue weighted by Crippen LogP contribution is -2.47. The van der Waals surface area contributed by atoms with E-state index < -0.39 is 5.41 Å². The second-order valence-corrected chi connectivity index (χ2v) is 5.89. The van der Waals surface area contributed by atoms with Gasteiger partial charge in [0.15, 0.2) is 11.6 Å². The van der Waals surface area contributed by atoms with Crippen LogP contribution in [0.2, 0.25) is 0 Å². The van der Waals surface area contributed by atoms with Crippen LogP contribution in [0.1, 0.15) is 34.1 Å². The highest BCUT2D eigenvalue weighted by Crippen LogP contribution is 2.60. The van der Waals surface area contributed by atoms with E-state index in [2.05, 4.69) is 12.2 Å². The summed E-state index contributed by atoms with van der Waals surface area (Å²) in [5.41, 5.74) is 0.762. The molecule has 18 heavy (non-hydrogen) atoms. The molecule has 1 aromatic rings. The third-order valence-corrected chi connectivity index (χ3v) is 5.17. The van der Waals surface area contributed by atoms with Crippen LogP contribution < -0.4 is 0 Å². The number of allylic oxidation sites excluding steroid dienone is 2. The Labute approximate surface area is 106 Å². The Hall–Kier alpha value is -1.70. The number of carbonyl (C=O) groups is 2. The summed E-state index contributed by atoms with van der Waals surface area (Å²) in [6.07, 6.45) is 5.24. The quantitative estimate of drug-likeness (QED) is 0.651. The minimum Gasteiger partial charge on any atom is -0.294 e. The van der Waals surface area contributed by atoms with Crippen molar-refractivity contribution in [3.63, 3.8) is 0 Å². The van der Waals surface area contributed by atoms with Gasteiger partial charge in [-0.05, 0) is 18.3 Å². The SMILES string of the molecule is C[C@]12C(=O)c3ccccc3C(=O)[C@H]1[C@@H]1C=C[C@@H]2C1. The lowest BCUT2D eigenvalue weighted by atomic mass is 9.59. The molecule has 0 unspecified atom stereocenters. The Morgan fingerprint density at radius 1 is 1.11 bits per heavy atom. The van der Waals surface area contributed by atoms with Crippen LogP contribution in [0.5, 0.6) is 0 Å². The highest BCUT2D eigenvalue weighted by Gasteiger charge is 2.62. The van der Waals surface area contributed by atoms with Crippen molar-refractivity contribution < 1.29 is 9.59 Å². The van der Waals surface area contributed by atoms with Crippen LogP contribution in [0.15, 0.2) is 36.4 Å². The molecule has 2 bridgehead atoms. The van der Waals surface area contributed by atoms with Crippen molar-refractivity contribution in [1.29, 1.82) is 0 Å². The van der Waals surface area contributed by atoms with Gasteiger partial charge in [0, 0.05) is 22.5 Å². The summed E-state index contributed by atoms with van der Waals surface area (Å²) in [5, 5.41) is 0. The van der Waals surface area contributed by atoms with E-state index in [0.717, 1.165) is 6.42 Å². The van der Waals surface area contributed by atoms with Crippen LogP contribution >= 0.6 is 0 Å². The van der Waals surface area contributed by atoms with Crippen LogP contribution in [0, 0.1) is 23.2 Å². The summed E-state index contributed by atoms with van der Waals surface area (Å²) >= 11 is 0. The Morgan fingerprint density at radius 3 is 2.61 bits per heavy atom. The molecule has 0 amide bonds. The first-order valence-electron chi connectivity index (χ1n) is 6.50. The number of ketones is 2. The summed E-state index contributed by atoms with van der Waals surface area (Å²) in [4.78, 5) is 25.4. The molecular weight excluding hydrogens is 224 g/mol. The van der Waals surface area contributed by atoms with E-state index in [1.165, 1.54) is 0 Å². The summed E-state index contributed by atoms with van der Waals surface area (Å²) in [7, 11) is 0. The smallest absolute Gasteiger partial charge is 0.170 e. The van der Waals surface area contributed by atoms with Gasteiger partial charge in [0.1, 0.15) is 0 Å². The Balaban J connectivity index is 2.00. The van der Waals surface area contributed by atoms with Crippen molar-refractivity contribution in [3.8, 4) is 0 Å². The van der Waals surface area contributed by atoms with Gasteiger partial charge in [-0.25, -0.2) is 0 Å². The van der Waals surface area contributed by atoms with Crippen molar-refractivity contribution >= 4 is 11.6 Å². The minimum absolute atomic E-state index is 0.130. The van der Waals surface area contributed by atoms with E-state index in [-0.39, 0.29) is 29.3 Å². The maximum atomic E-state index is 12.8. The van der Waals surface area contributed by atoms with E-state index >= 15 is 0 Å². The minimum atomic E-state index is -0.495. The van der Waals surface area contributed by atoms with Gasteiger partial charge in [0.05, 0.1) is 0 Å². The van der Waals surface area contributed by atoms with Crippen LogP contribution in [-0.2, 0) is 0 Å². The molecule has 2 heteroatoms. The van der Waals surface area contributed by atoms with Crippen LogP contribution in [0.4, 0.5) is 0 Å².